The molecule has 1 atom stereocenters. The van der Waals surface area contributed by atoms with Crippen LogP contribution >= 0.6 is 0 Å². The molecule has 1 aromatic carbocycles. The summed E-state index contributed by atoms with van der Waals surface area (Å²) >= 11 is 0. The van der Waals surface area contributed by atoms with Gasteiger partial charge in [0.2, 0.25) is 5.91 Å². The van der Waals surface area contributed by atoms with Gasteiger partial charge in [0.25, 0.3) is 0 Å². The standard InChI is InChI=1S/C16H21FN2O2/c1-21-13-3-4-14(17)12(9-13)10-19-8-2-5-16(15(19)20)6-7-18-11-16/h3-4,9,18H,2,5-8,10-11H2,1H3/t16-/m0/s1. The van der Waals surface area contributed by atoms with E-state index in [9.17, 15) is 9.18 Å². The molecule has 1 N–H and O–H groups in total. The molecule has 0 unspecified atom stereocenters. The molecule has 2 fully saturated rings. The van der Waals surface area contributed by atoms with Gasteiger partial charge in [0.05, 0.1) is 12.5 Å². The van der Waals surface area contributed by atoms with Crippen molar-refractivity contribution in [2.45, 2.75) is 25.8 Å². The van der Waals surface area contributed by atoms with E-state index in [1.165, 1.54) is 6.07 Å². The Morgan fingerprint density at radius 2 is 2.29 bits per heavy atom. The molecule has 114 valence electrons. The average molecular weight is 292 g/mol. The molecule has 2 saturated heterocycles. The smallest absolute Gasteiger partial charge is 0.230 e. The Labute approximate surface area is 124 Å². The normalized spacial score (nSPS) is 25.6. The summed E-state index contributed by atoms with van der Waals surface area (Å²) in [4.78, 5) is 14.6. The van der Waals surface area contributed by atoms with Gasteiger partial charge in [-0.05, 0) is 44.0 Å². The maximum atomic E-state index is 14.0. The quantitative estimate of drug-likeness (QED) is 0.925. The number of hydrogen-bond donors (Lipinski definition) is 1. The highest BCUT2D eigenvalue weighted by Gasteiger charge is 2.45. The van der Waals surface area contributed by atoms with E-state index < -0.39 is 0 Å². The SMILES string of the molecule is COc1ccc(F)c(CN2CCC[C@@]3(CCNC3)C2=O)c1. The number of carbonyl (C=O) groups excluding carboxylic acids is 1. The summed E-state index contributed by atoms with van der Waals surface area (Å²) in [6.07, 6.45) is 2.82. The van der Waals surface area contributed by atoms with Crippen molar-refractivity contribution in [2.75, 3.05) is 26.7 Å². The van der Waals surface area contributed by atoms with Gasteiger partial charge in [-0.1, -0.05) is 0 Å². The topological polar surface area (TPSA) is 41.6 Å². The van der Waals surface area contributed by atoms with Crippen LogP contribution in [0.4, 0.5) is 4.39 Å². The Bertz CT molecular complexity index is 541. The van der Waals surface area contributed by atoms with Gasteiger partial charge in [0.15, 0.2) is 0 Å². The molecule has 4 nitrogen and oxygen atoms in total. The first-order chi connectivity index (χ1) is 10.1. The Hall–Kier alpha value is -1.62. The molecule has 3 rings (SSSR count). The van der Waals surface area contributed by atoms with Gasteiger partial charge in [-0.2, -0.15) is 0 Å². The van der Waals surface area contributed by atoms with Crippen molar-refractivity contribution in [3.63, 3.8) is 0 Å². The third kappa shape index (κ3) is 2.62. The molecule has 1 spiro atoms. The highest BCUT2D eigenvalue weighted by Crippen LogP contribution is 2.37. The van der Waals surface area contributed by atoms with Crippen LogP contribution in [0.25, 0.3) is 0 Å². The number of hydrogen-bond acceptors (Lipinski definition) is 3. The highest BCUT2D eigenvalue weighted by molar-refractivity contribution is 5.84. The van der Waals surface area contributed by atoms with Crippen molar-refractivity contribution >= 4 is 5.91 Å². The number of nitrogens with zero attached hydrogens (tertiary/aromatic N) is 1. The summed E-state index contributed by atoms with van der Waals surface area (Å²) < 4.78 is 19.1. The fourth-order valence-corrected chi connectivity index (χ4v) is 3.45. The van der Waals surface area contributed by atoms with Crippen LogP contribution in [0, 0.1) is 11.2 Å². The third-order valence-electron chi connectivity index (χ3n) is 4.68. The van der Waals surface area contributed by atoms with Crippen molar-refractivity contribution in [2.24, 2.45) is 5.41 Å². The van der Waals surface area contributed by atoms with Crippen molar-refractivity contribution in [3.8, 4) is 5.75 Å². The fourth-order valence-electron chi connectivity index (χ4n) is 3.45. The maximum absolute atomic E-state index is 14.0. The number of nitrogens with one attached hydrogen (secondary N) is 1. The van der Waals surface area contributed by atoms with Crippen LogP contribution in [0.1, 0.15) is 24.8 Å². The number of halogens is 1. The molecule has 0 aliphatic carbocycles. The average Bonchev–Trinajstić information content (AvgIpc) is 2.96. The van der Waals surface area contributed by atoms with Gasteiger partial charge in [-0.25, -0.2) is 4.39 Å². The van der Waals surface area contributed by atoms with E-state index >= 15 is 0 Å². The summed E-state index contributed by atoms with van der Waals surface area (Å²) in [6, 6.07) is 4.67. The second-order valence-corrected chi connectivity index (χ2v) is 5.99. The number of carbonyl (C=O) groups is 1. The molecule has 2 aliphatic heterocycles. The Morgan fingerprint density at radius 3 is 3.00 bits per heavy atom. The van der Waals surface area contributed by atoms with Gasteiger partial charge in [0, 0.05) is 25.2 Å². The van der Waals surface area contributed by atoms with Crippen LogP contribution in [0.15, 0.2) is 18.2 Å². The molecule has 0 radical (unpaired) electrons. The number of piperidine rings is 1. The van der Waals surface area contributed by atoms with Crippen LogP contribution in [0.5, 0.6) is 5.75 Å². The molecule has 0 bridgehead atoms. The lowest BCUT2D eigenvalue weighted by Crippen LogP contribution is -2.49. The van der Waals surface area contributed by atoms with Crippen molar-refractivity contribution in [1.82, 2.24) is 10.2 Å². The minimum atomic E-state index is -0.284. The van der Waals surface area contributed by atoms with Crippen LogP contribution in [0.3, 0.4) is 0 Å². The van der Waals surface area contributed by atoms with E-state index in [0.717, 1.165) is 32.4 Å². The predicted octanol–water partition coefficient (Wildman–Crippen LogP) is 1.94. The second kappa shape index (κ2) is 5.64. The predicted molar refractivity (Wildman–Crippen MR) is 77.5 cm³/mol. The minimum Gasteiger partial charge on any atom is -0.497 e. The largest absolute Gasteiger partial charge is 0.497 e. The van der Waals surface area contributed by atoms with Gasteiger partial charge in [0.1, 0.15) is 11.6 Å². The van der Waals surface area contributed by atoms with E-state index in [0.29, 0.717) is 24.4 Å². The van der Waals surface area contributed by atoms with Crippen molar-refractivity contribution in [3.05, 3.63) is 29.6 Å². The lowest BCUT2D eigenvalue weighted by Gasteiger charge is -2.39. The number of amides is 1. The Morgan fingerprint density at radius 1 is 1.43 bits per heavy atom. The molecule has 2 heterocycles. The first-order valence-electron chi connectivity index (χ1n) is 7.47. The number of likely N-dealkylation sites (tertiary alicyclic amines) is 1. The Kier molecular flexibility index (Phi) is 3.85. The van der Waals surface area contributed by atoms with E-state index in [-0.39, 0.29) is 17.1 Å². The van der Waals surface area contributed by atoms with Crippen molar-refractivity contribution < 1.29 is 13.9 Å². The van der Waals surface area contributed by atoms with Crippen LogP contribution < -0.4 is 10.1 Å². The van der Waals surface area contributed by atoms with Crippen molar-refractivity contribution in [1.29, 1.82) is 0 Å². The summed E-state index contributed by atoms with van der Waals surface area (Å²) in [6.45, 7) is 2.68. The van der Waals surface area contributed by atoms with E-state index in [4.69, 9.17) is 4.74 Å². The van der Waals surface area contributed by atoms with Crippen LogP contribution in [-0.2, 0) is 11.3 Å². The molecule has 5 heteroatoms. The molecular weight excluding hydrogens is 271 g/mol. The number of rotatable bonds is 3. The van der Waals surface area contributed by atoms with Crippen LogP contribution in [-0.4, -0.2) is 37.6 Å². The van der Waals surface area contributed by atoms with E-state index in [1.807, 2.05) is 0 Å². The molecule has 2 aliphatic rings. The maximum Gasteiger partial charge on any atom is 0.230 e. The fraction of sp³-hybridized carbons (Fsp3) is 0.562. The van der Waals surface area contributed by atoms with Gasteiger partial charge >= 0.3 is 0 Å². The second-order valence-electron chi connectivity index (χ2n) is 5.99. The first kappa shape index (κ1) is 14.3. The zero-order chi connectivity index (χ0) is 14.9. The number of ether oxygens (including phenoxy) is 1. The molecule has 0 aromatic heterocycles. The van der Waals surface area contributed by atoms with Gasteiger partial charge < -0.3 is 15.0 Å². The lowest BCUT2D eigenvalue weighted by molar-refractivity contribution is -0.145. The monoisotopic (exact) mass is 292 g/mol. The number of methoxy groups -OCH3 is 1. The summed E-state index contributed by atoms with van der Waals surface area (Å²) in [5.41, 5.74) is 0.263. The van der Waals surface area contributed by atoms with E-state index in [2.05, 4.69) is 5.32 Å². The van der Waals surface area contributed by atoms with Gasteiger partial charge in [-0.15, -0.1) is 0 Å². The minimum absolute atomic E-state index is 0.168. The molecular formula is C16H21FN2O2. The molecule has 1 aromatic rings. The molecule has 0 saturated carbocycles. The van der Waals surface area contributed by atoms with E-state index in [1.54, 1.807) is 24.1 Å². The molecule has 21 heavy (non-hydrogen) atoms. The Balaban J connectivity index is 1.79. The summed E-state index contributed by atoms with van der Waals surface area (Å²) in [5.74, 6) is 0.502. The first-order valence-corrected chi connectivity index (χ1v) is 7.47. The third-order valence-corrected chi connectivity index (χ3v) is 4.68. The summed E-state index contributed by atoms with van der Waals surface area (Å²) in [7, 11) is 1.56. The van der Waals surface area contributed by atoms with Gasteiger partial charge in [-0.3, -0.25) is 4.79 Å². The zero-order valence-corrected chi connectivity index (χ0v) is 12.3. The highest BCUT2D eigenvalue weighted by atomic mass is 19.1. The lowest BCUT2D eigenvalue weighted by atomic mass is 9.78. The molecule has 1 amide bonds. The zero-order valence-electron chi connectivity index (χ0n) is 12.3. The number of benzene rings is 1. The van der Waals surface area contributed by atoms with Crippen LogP contribution in [0.2, 0.25) is 0 Å². The summed E-state index contributed by atoms with van der Waals surface area (Å²) in [5, 5.41) is 3.29.